The lowest BCUT2D eigenvalue weighted by Gasteiger charge is -2.42. The summed E-state index contributed by atoms with van der Waals surface area (Å²) in [4.78, 5) is 2.16. The Balaban J connectivity index is 1.87. The van der Waals surface area contributed by atoms with Crippen LogP contribution in [0.25, 0.3) is 0 Å². The molecule has 154 valence electrons. The van der Waals surface area contributed by atoms with Gasteiger partial charge >= 0.3 is 0 Å². The third-order valence-corrected chi connectivity index (χ3v) is 6.31. The molecule has 2 atom stereocenters. The molecule has 2 rings (SSSR count). The average molecular weight is 376 g/mol. The molecule has 2 N–H and O–H groups in total. The molecule has 0 amide bonds. The van der Waals surface area contributed by atoms with Gasteiger partial charge in [0.1, 0.15) is 6.54 Å². The molecule has 0 saturated carbocycles. The summed E-state index contributed by atoms with van der Waals surface area (Å²) in [6, 6.07) is 8.98. The van der Waals surface area contributed by atoms with Gasteiger partial charge in [0.15, 0.2) is 0 Å². The largest absolute Gasteiger partial charge is 0.378 e. The van der Waals surface area contributed by atoms with Gasteiger partial charge < -0.3 is 15.0 Å². The van der Waals surface area contributed by atoms with Crippen LogP contribution in [0, 0.1) is 17.3 Å². The first kappa shape index (κ1) is 22.2. The van der Waals surface area contributed by atoms with Gasteiger partial charge in [0.05, 0.1) is 12.6 Å². The summed E-state index contributed by atoms with van der Waals surface area (Å²) in [6.45, 7) is 12.6. The van der Waals surface area contributed by atoms with Crippen molar-refractivity contribution >= 4 is 5.69 Å². The number of nitrogens with zero attached hydrogens (tertiary/aromatic N) is 1. The van der Waals surface area contributed by atoms with Crippen molar-refractivity contribution < 1.29 is 10.1 Å². The number of benzene rings is 1. The molecule has 0 spiro atoms. The SMILES string of the molecule is CC(C)CC[C@]1(CC[NH2+]Cc2ccc(N(C)C)cc2)CCO[C@@H](C(C)C)C1. The number of anilines is 1. The topological polar surface area (TPSA) is 29.1 Å². The summed E-state index contributed by atoms with van der Waals surface area (Å²) in [5, 5.41) is 2.50. The molecule has 0 unspecified atom stereocenters. The molecule has 0 bridgehead atoms. The number of quaternary nitrogens is 1. The summed E-state index contributed by atoms with van der Waals surface area (Å²) >= 11 is 0. The Kier molecular flexibility index (Phi) is 8.62. The predicted molar refractivity (Wildman–Crippen MR) is 116 cm³/mol. The van der Waals surface area contributed by atoms with E-state index >= 15 is 0 Å². The molecule has 3 heteroatoms. The monoisotopic (exact) mass is 375 g/mol. The summed E-state index contributed by atoms with van der Waals surface area (Å²) in [5.41, 5.74) is 3.18. The Labute approximate surface area is 167 Å². The summed E-state index contributed by atoms with van der Waals surface area (Å²) in [5.74, 6) is 1.42. The van der Waals surface area contributed by atoms with Crippen molar-refractivity contribution in [2.45, 2.75) is 72.4 Å². The lowest BCUT2D eigenvalue weighted by molar-refractivity contribution is -0.672. The highest BCUT2D eigenvalue weighted by atomic mass is 16.5. The molecule has 0 radical (unpaired) electrons. The van der Waals surface area contributed by atoms with E-state index in [4.69, 9.17) is 4.74 Å². The zero-order valence-corrected chi connectivity index (χ0v) is 18.6. The van der Waals surface area contributed by atoms with Crippen LogP contribution >= 0.6 is 0 Å². The minimum Gasteiger partial charge on any atom is -0.378 e. The normalized spacial score (nSPS) is 23.2. The lowest BCUT2D eigenvalue weighted by atomic mass is 9.69. The van der Waals surface area contributed by atoms with Crippen molar-refractivity contribution in [3.63, 3.8) is 0 Å². The quantitative estimate of drug-likeness (QED) is 0.612. The van der Waals surface area contributed by atoms with Gasteiger partial charge in [-0.15, -0.1) is 0 Å². The Morgan fingerprint density at radius 1 is 1.11 bits per heavy atom. The fourth-order valence-corrected chi connectivity index (χ4v) is 4.22. The second-order valence-corrected chi connectivity index (χ2v) is 9.63. The van der Waals surface area contributed by atoms with Crippen molar-refractivity contribution in [1.82, 2.24) is 0 Å². The van der Waals surface area contributed by atoms with Gasteiger partial charge in [-0.25, -0.2) is 0 Å². The Morgan fingerprint density at radius 2 is 1.81 bits per heavy atom. The standard InChI is InChI=1S/C24H42N2O/c1-19(2)11-12-24(14-16-27-23(17-24)20(3)4)13-15-25-18-21-7-9-22(10-8-21)26(5)6/h7-10,19-20,23,25H,11-18H2,1-6H3/p+1/t23-,24+/m1/s1. The molecule has 1 aliphatic heterocycles. The molecule has 0 aliphatic carbocycles. The van der Waals surface area contributed by atoms with Crippen LogP contribution in [-0.4, -0.2) is 33.4 Å². The van der Waals surface area contributed by atoms with Gasteiger partial charge in [-0.3, -0.25) is 0 Å². The Hall–Kier alpha value is -1.06. The Bertz CT molecular complexity index is 538. The molecular weight excluding hydrogens is 332 g/mol. The zero-order chi connectivity index (χ0) is 19.9. The first-order chi connectivity index (χ1) is 12.8. The van der Waals surface area contributed by atoms with Gasteiger partial charge in [-0.2, -0.15) is 0 Å². The number of rotatable bonds is 10. The molecular formula is C24H43N2O+. The van der Waals surface area contributed by atoms with Crippen LogP contribution in [0.4, 0.5) is 5.69 Å². The highest BCUT2D eigenvalue weighted by Gasteiger charge is 2.37. The third-order valence-electron chi connectivity index (χ3n) is 6.31. The molecule has 0 aromatic heterocycles. The predicted octanol–water partition coefficient (Wildman–Crippen LogP) is 4.46. The number of hydrogen-bond acceptors (Lipinski definition) is 2. The smallest absolute Gasteiger partial charge is 0.101 e. The molecule has 1 fully saturated rings. The minimum atomic E-state index is 0.449. The van der Waals surface area contributed by atoms with Gasteiger partial charge in [0.25, 0.3) is 0 Å². The highest BCUT2D eigenvalue weighted by molar-refractivity contribution is 5.45. The fraction of sp³-hybridized carbons (Fsp3) is 0.750. The van der Waals surface area contributed by atoms with E-state index in [-0.39, 0.29) is 0 Å². The zero-order valence-electron chi connectivity index (χ0n) is 18.6. The first-order valence-corrected chi connectivity index (χ1v) is 11.0. The first-order valence-electron chi connectivity index (χ1n) is 11.0. The van der Waals surface area contributed by atoms with E-state index < -0.39 is 0 Å². The van der Waals surface area contributed by atoms with Crippen LogP contribution in [0.1, 0.15) is 65.4 Å². The summed E-state index contributed by atoms with van der Waals surface area (Å²) < 4.78 is 6.09. The van der Waals surface area contributed by atoms with Gasteiger partial charge in [-0.1, -0.05) is 46.2 Å². The molecule has 1 aliphatic rings. The molecule has 27 heavy (non-hydrogen) atoms. The molecule has 1 saturated heterocycles. The maximum absolute atomic E-state index is 6.09. The van der Waals surface area contributed by atoms with Crippen molar-refractivity contribution in [1.29, 1.82) is 0 Å². The van der Waals surface area contributed by atoms with E-state index in [0.29, 0.717) is 17.4 Å². The summed E-state index contributed by atoms with van der Waals surface area (Å²) in [7, 11) is 4.19. The number of hydrogen-bond donors (Lipinski definition) is 1. The average Bonchev–Trinajstić information content (AvgIpc) is 2.64. The minimum absolute atomic E-state index is 0.449. The number of ether oxygens (including phenoxy) is 1. The van der Waals surface area contributed by atoms with E-state index in [0.717, 1.165) is 19.1 Å². The van der Waals surface area contributed by atoms with Gasteiger partial charge in [0.2, 0.25) is 0 Å². The molecule has 1 heterocycles. The van der Waals surface area contributed by atoms with Crippen molar-refractivity contribution in [2.75, 3.05) is 32.1 Å². The molecule has 3 nitrogen and oxygen atoms in total. The van der Waals surface area contributed by atoms with Crippen LogP contribution in [0.2, 0.25) is 0 Å². The second kappa shape index (κ2) is 10.5. The van der Waals surface area contributed by atoms with Crippen LogP contribution in [-0.2, 0) is 11.3 Å². The van der Waals surface area contributed by atoms with Crippen molar-refractivity contribution in [3.8, 4) is 0 Å². The maximum atomic E-state index is 6.09. The van der Waals surface area contributed by atoms with Crippen LogP contribution in [0.5, 0.6) is 0 Å². The lowest BCUT2D eigenvalue weighted by Crippen LogP contribution is -2.83. The van der Waals surface area contributed by atoms with Crippen molar-refractivity contribution in [2.24, 2.45) is 17.3 Å². The molecule has 1 aromatic carbocycles. The van der Waals surface area contributed by atoms with E-state index in [1.54, 1.807) is 0 Å². The van der Waals surface area contributed by atoms with E-state index in [1.165, 1.54) is 49.9 Å². The van der Waals surface area contributed by atoms with Crippen LogP contribution in [0.15, 0.2) is 24.3 Å². The maximum Gasteiger partial charge on any atom is 0.101 e. The van der Waals surface area contributed by atoms with Crippen LogP contribution in [0.3, 0.4) is 0 Å². The fourth-order valence-electron chi connectivity index (χ4n) is 4.22. The third kappa shape index (κ3) is 7.12. The molecule has 1 aromatic rings. The van der Waals surface area contributed by atoms with Crippen molar-refractivity contribution in [3.05, 3.63) is 29.8 Å². The van der Waals surface area contributed by atoms with Gasteiger partial charge in [-0.05, 0) is 48.6 Å². The second-order valence-electron chi connectivity index (χ2n) is 9.63. The van der Waals surface area contributed by atoms with E-state index in [9.17, 15) is 0 Å². The number of nitrogens with two attached hydrogens (primary N) is 1. The van der Waals surface area contributed by atoms with E-state index in [2.05, 4.69) is 76.3 Å². The van der Waals surface area contributed by atoms with Gasteiger partial charge in [0, 0.05) is 38.4 Å². The van der Waals surface area contributed by atoms with E-state index in [1.807, 2.05) is 0 Å². The van der Waals surface area contributed by atoms with Crippen LogP contribution < -0.4 is 10.2 Å². The summed E-state index contributed by atoms with van der Waals surface area (Å²) in [6.07, 6.45) is 6.97. The highest BCUT2D eigenvalue weighted by Crippen LogP contribution is 2.43. The Morgan fingerprint density at radius 3 is 2.41 bits per heavy atom.